The third-order valence-corrected chi connectivity index (χ3v) is 8.52. The third-order valence-electron chi connectivity index (χ3n) is 6.77. The Morgan fingerprint density at radius 1 is 1.06 bits per heavy atom. The van der Waals surface area contributed by atoms with Crippen LogP contribution in [0.3, 0.4) is 0 Å². The highest BCUT2D eigenvalue weighted by molar-refractivity contribution is 7.91. The Balaban J connectivity index is 1.62. The van der Waals surface area contributed by atoms with Gasteiger partial charge in [-0.1, -0.05) is 0 Å². The molecule has 0 radical (unpaired) electrons. The van der Waals surface area contributed by atoms with Crippen LogP contribution in [0.15, 0.2) is 30.3 Å². The van der Waals surface area contributed by atoms with Crippen LogP contribution in [0.2, 0.25) is 0 Å². The van der Waals surface area contributed by atoms with E-state index in [4.69, 9.17) is 4.98 Å². The lowest BCUT2D eigenvalue weighted by Gasteiger charge is -2.34. The number of carbonyl (C=O) groups excluding carboxylic acids is 2. The fourth-order valence-electron chi connectivity index (χ4n) is 4.87. The smallest absolute Gasteiger partial charge is 0.254 e. The van der Waals surface area contributed by atoms with Crippen molar-refractivity contribution in [2.75, 3.05) is 37.7 Å². The quantitative estimate of drug-likeness (QED) is 0.547. The molecular weight excluding hydrogens is 473 g/mol. The second-order valence-electron chi connectivity index (χ2n) is 9.15. The van der Waals surface area contributed by atoms with Crippen molar-refractivity contribution in [3.05, 3.63) is 47.4 Å². The van der Waals surface area contributed by atoms with Crippen LogP contribution in [0.4, 0.5) is 4.39 Å². The Morgan fingerprint density at radius 2 is 1.71 bits per heavy atom. The summed E-state index contributed by atoms with van der Waals surface area (Å²) in [6.45, 7) is 5.02. The number of aromatic nitrogens is 3. The number of benzene rings is 1. The maximum atomic E-state index is 13.7. The van der Waals surface area contributed by atoms with E-state index < -0.39 is 9.84 Å². The maximum absolute atomic E-state index is 13.7. The Morgan fingerprint density at radius 3 is 2.31 bits per heavy atom. The highest BCUT2D eigenvalue weighted by Gasteiger charge is 2.33. The first kappa shape index (κ1) is 23.4. The lowest BCUT2D eigenvalue weighted by Crippen LogP contribution is -2.50. The van der Waals surface area contributed by atoms with Crippen LogP contribution in [0, 0.1) is 12.7 Å². The van der Waals surface area contributed by atoms with Crippen molar-refractivity contribution in [1.29, 1.82) is 0 Å². The van der Waals surface area contributed by atoms with E-state index in [1.54, 1.807) is 39.6 Å². The van der Waals surface area contributed by atoms with Gasteiger partial charge in [0.2, 0.25) is 5.91 Å². The highest BCUT2D eigenvalue weighted by Crippen LogP contribution is 2.32. The largest absolute Gasteiger partial charge is 0.339 e. The fraction of sp³-hybridized carbons (Fsp3) is 0.417. The molecule has 1 atom stereocenters. The van der Waals surface area contributed by atoms with Crippen molar-refractivity contribution in [3.8, 4) is 11.3 Å². The van der Waals surface area contributed by atoms with E-state index >= 15 is 0 Å². The zero-order chi connectivity index (χ0) is 24.9. The Labute approximate surface area is 202 Å². The summed E-state index contributed by atoms with van der Waals surface area (Å²) in [4.78, 5) is 33.6. The fourth-order valence-corrected chi connectivity index (χ4v) is 6.56. The van der Waals surface area contributed by atoms with Crippen LogP contribution in [0.5, 0.6) is 0 Å². The van der Waals surface area contributed by atoms with Gasteiger partial charge < -0.3 is 9.80 Å². The molecule has 184 valence electrons. The third kappa shape index (κ3) is 4.40. The maximum Gasteiger partial charge on any atom is 0.254 e. The van der Waals surface area contributed by atoms with Crippen molar-refractivity contribution in [3.63, 3.8) is 0 Å². The molecule has 1 aromatic carbocycles. The summed E-state index contributed by atoms with van der Waals surface area (Å²) < 4.78 is 39.5. The van der Waals surface area contributed by atoms with Crippen LogP contribution in [-0.4, -0.2) is 82.5 Å². The van der Waals surface area contributed by atoms with Gasteiger partial charge in [0.15, 0.2) is 15.5 Å². The molecule has 0 unspecified atom stereocenters. The molecule has 2 amide bonds. The molecule has 2 saturated heterocycles. The van der Waals surface area contributed by atoms with E-state index in [1.807, 2.05) is 0 Å². The van der Waals surface area contributed by atoms with Gasteiger partial charge in [0.05, 0.1) is 39.9 Å². The average Bonchev–Trinajstić information content (AvgIpc) is 3.37. The van der Waals surface area contributed by atoms with Crippen LogP contribution < -0.4 is 0 Å². The van der Waals surface area contributed by atoms with E-state index in [1.165, 1.54) is 19.1 Å². The zero-order valence-electron chi connectivity index (χ0n) is 19.6. The zero-order valence-corrected chi connectivity index (χ0v) is 20.4. The van der Waals surface area contributed by atoms with Crippen molar-refractivity contribution in [2.24, 2.45) is 0 Å². The highest BCUT2D eigenvalue weighted by atomic mass is 32.2. The van der Waals surface area contributed by atoms with Crippen LogP contribution in [0.25, 0.3) is 22.3 Å². The van der Waals surface area contributed by atoms with Gasteiger partial charge in [-0.05, 0) is 43.7 Å². The number of nitrogens with zero attached hydrogens (tertiary/aromatic N) is 5. The first-order valence-electron chi connectivity index (χ1n) is 11.5. The Hall–Kier alpha value is -3.34. The number of aryl methyl sites for hydroxylation is 1. The van der Waals surface area contributed by atoms with Gasteiger partial charge in [-0.3, -0.25) is 9.59 Å². The van der Waals surface area contributed by atoms with Crippen LogP contribution in [0.1, 0.15) is 35.4 Å². The number of sulfone groups is 1. The van der Waals surface area contributed by atoms with E-state index in [9.17, 15) is 22.4 Å². The van der Waals surface area contributed by atoms with E-state index in [0.29, 0.717) is 66.1 Å². The summed E-state index contributed by atoms with van der Waals surface area (Å²) in [7, 11) is -3.16. The Bertz CT molecular complexity index is 1430. The van der Waals surface area contributed by atoms with Gasteiger partial charge in [0.25, 0.3) is 5.91 Å². The second-order valence-corrected chi connectivity index (χ2v) is 11.4. The predicted molar refractivity (Wildman–Crippen MR) is 128 cm³/mol. The first-order chi connectivity index (χ1) is 16.6. The summed E-state index contributed by atoms with van der Waals surface area (Å²) >= 11 is 0. The molecule has 2 aliphatic rings. The lowest BCUT2D eigenvalue weighted by molar-refractivity contribution is -0.130. The van der Waals surface area contributed by atoms with Gasteiger partial charge in [-0.15, -0.1) is 0 Å². The van der Waals surface area contributed by atoms with E-state index in [-0.39, 0.29) is 35.2 Å². The monoisotopic (exact) mass is 499 g/mol. The van der Waals surface area contributed by atoms with Crippen molar-refractivity contribution >= 4 is 32.7 Å². The molecule has 0 aliphatic carbocycles. The number of fused-ring (bicyclic) bond motifs is 1. The molecule has 0 bridgehead atoms. The average molecular weight is 500 g/mol. The molecule has 2 aromatic heterocycles. The number of piperazine rings is 1. The van der Waals surface area contributed by atoms with Gasteiger partial charge >= 0.3 is 0 Å². The minimum Gasteiger partial charge on any atom is -0.339 e. The molecule has 9 nitrogen and oxygen atoms in total. The molecule has 0 N–H and O–H groups in total. The minimum atomic E-state index is -3.16. The molecule has 4 heterocycles. The Kier molecular flexibility index (Phi) is 5.82. The van der Waals surface area contributed by atoms with Crippen molar-refractivity contribution in [1.82, 2.24) is 24.6 Å². The summed E-state index contributed by atoms with van der Waals surface area (Å²) in [5.74, 6) is -0.549. The minimum absolute atomic E-state index is 0.0226. The topological polar surface area (TPSA) is 105 Å². The van der Waals surface area contributed by atoms with Crippen molar-refractivity contribution < 1.29 is 22.4 Å². The van der Waals surface area contributed by atoms with Crippen LogP contribution >= 0.6 is 0 Å². The number of hydrogen-bond acceptors (Lipinski definition) is 6. The molecule has 35 heavy (non-hydrogen) atoms. The van der Waals surface area contributed by atoms with Crippen LogP contribution in [-0.2, 0) is 14.6 Å². The lowest BCUT2D eigenvalue weighted by atomic mass is 10.0. The molecule has 11 heteroatoms. The molecular formula is C24H26FN5O4S. The summed E-state index contributed by atoms with van der Waals surface area (Å²) in [5.41, 5.74) is 2.55. The number of rotatable bonds is 3. The van der Waals surface area contributed by atoms with Gasteiger partial charge in [-0.25, -0.2) is 22.5 Å². The molecule has 0 saturated carbocycles. The van der Waals surface area contributed by atoms with Crippen molar-refractivity contribution in [2.45, 2.75) is 26.3 Å². The van der Waals surface area contributed by atoms with Gasteiger partial charge in [-0.2, -0.15) is 5.10 Å². The van der Waals surface area contributed by atoms with Gasteiger partial charge in [0, 0.05) is 38.7 Å². The summed E-state index contributed by atoms with van der Waals surface area (Å²) in [6, 6.07) is 7.17. The van der Waals surface area contributed by atoms with Gasteiger partial charge in [0.1, 0.15) is 5.82 Å². The summed E-state index contributed by atoms with van der Waals surface area (Å²) in [5, 5.41) is 5.20. The normalized spacial score (nSPS) is 19.9. The molecule has 2 fully saturated rings. The second kappa shape index (κ2) is 8.71. The number of carbonyl (C=O) groups is 2. The molecule has 3 aromatic rings. The SMILES string of the molecule is CC(=O)N1CCN(C(=O)c2cc(-c3ccc(F)cc3)nc3c2c(C)nn3[C@H]2CCS(=O)(=O)C2)CC1. The molecule has 2 aliphatic heterocycles. The molecule has 5 rings (SSSR count). The predicted octanol–water partition coefficient (Wildman–Crippen LogP) is 2.21. The van der Waals surface area contributed by atoms with E-state index in [0.717, 1.165) is 0 Å². The number of halogens is 1. The first-order valence-corrected chi connectivity index (χ1v) is 13.4. The molecule has 0 spiro atoms. The number of pyridine rings is 1. The van der Waals surface area contributed by atoms with E-state index in [2.05, 4.69) is 5.10 Å². The number of hydrogen-bond donors (Lipinski definition) is 0. The summed E-state index contributed by atoms with van der Waals surface area (Å²) in [6.07, 6.45) is 0.428. The number of amides is 2. The standard InChI is InChI=1S/C24H26FN5O4S/c1-15-22-20(24(32)29-10-8-28(9-11-29)16(2)31)13-21(17-3-5-18(25)6-4-17)26-23(22)30(27-15)19-7-12-35(33,34)14-19/h3-6,13,19H,7-12,14H2,1-2H3/t19-/m0/s1.